The molecule has 18 heavy (non-hydrogen) atoms. The molecule has 1 nitrogen and oxygen atoms in total. The molecule has 0 aliphatic rings. The molecule has 1 atom stereocenters. The summed E-state index contributed by atoms with van der Waals surface area (Å²) in [6.45, 7) is 12.3. The van der Waals surface area contributed by atoms with E-state index in [-0.39, 0.29) is 5.41 Å². The van der Waals surface area contributed by atoms with E-state index in [9.17, 15) is 0 Å². The summed E-state index contributed by atoms with van der Waals surface area (Å²) < 4.78 is 0. The van der Waals surface area contributed by atoms with Gasteiger partial charge in [-0.2, -0.15) is 0 Å². The van der Waals surface area contributed by atoms with Crippen LogP contribution in [0.2, 0.25) is 0 Å². The molecule has 0 saturated heterocycles. The Balaban J connectivity index is 2.40. The number of hydrogen-bond donors (Lipinski definition) is 1. The summed E-state index contributed by atoms with van der Waals surface area (Å²) in [5.41, 5.74) is 1.66. The fourth-order valence-electron chi connectivity index (χ4n) is 1.86. The average molecular weight is 265 g/mol. The van der Waals surface area contributed by atoms with E-state index >= 15 is 0 Å². The molecule has 0 amide bonds. The monoisotopic (exact) mass is 265 g/mol. The highest BCUT2D eigenvalue weighted by Crippen LogP contribution is 2.26. The van der Waals surface area contributed by atoms with Crippen LogP contribution in [-0.4, -0.2) is 18.3 Å². The van der Waals surface area contributed by atoms with Crippen molar-refractivity contribution >= 4 is 11.8 Å². The van der Waals surface area contributed by atoms with Gasteiger partial charge in [-0.3, -0.25) is 0 Å². The first-order valence-electron chi connectivity index (χ1n) is 6.90. The van der Waals surface area contributed by atoms with Crippen molar-refractivity contribution < 1.29 is 0 Å². The zero-order valence-corrected chi connectivity index (χ0v) is 13.2. The van der Waals surface area contributed by atoms with Crippen LogP contribution in [-0.2, 0) is 5.41 Å². The number of thioether (sulfide) groups is 1. The molecule has 1 aromatic rings. The maximum absolute atomic E-state index is 3.45. The number of benzene rings is 1. The molecule has 0 fully saturated rings. The van der Waals surface area contributed by atoms with E-state index in [1.165, 1.54) is 22.6 Å². The minimum absolute atomic E-state index is 0.253. The Labute approximate surface area is 117 Å². The molecule has 1 unspecified atom stereocenters. The Morgan fingerprint density at radius 1 is 1.17 bits per heavy atom. The standard InChI is InChI=1S/C16H27NS/c1-6-17-13(2)11-12-18-15-9-7-14(8-10-15)16(3,4)5/h7-10,13,17H,6,11-12H2,1-5H3. The topological polar surface area (TPSA) is 12.0 Å². The van der Waals surface area contributed by atoms with Gasteiger partial charge in [-0.25, -0.2) is 0 Å². The van der Waals surface area contributed by atoms with Crippen LogP contribution in [0.15, 0.2) is 29.2 Å². The second-order valence-corrected chi connectivity index (χ2v) is 7.04. The molecule has 0 spiro atoms. The Morgan fingerprint density at radius 2 is 1.78 bits per heavy atom. The van der Waals surface area contributed by atoms with Crippen molar-refractivity contribution in [3.63, 3.8) is 0 Å². The lowest BCUT2D eigenvalue weighted by Gasteiger charge is -2.19. The predicted molar refractivity (Wildman–Crippen MR) is 83.6 cm³/mol. The number of nitrogens with one attached hydrogen (secondary N) is 1. The van der Waals surface area contributed by atoms with Crippen molar-refractivity contribution in [3.05, 3.63) is 29.8 Å². The lowest BCUT2D eigenvalue weighted by atomic mass is 9.87. The van der Waals surface area contributed by atoms with Gasteiger partial charge < -0.3 is 5.32 Å². The van der Waals surface area contributed by atoms with Gasteiger partial charge in [0, 0.05) is 10.9 Å². The van der Waals surface area contributed by atoms with Crippen molar-refractivity contribution in [3.8, 4) is 0 Å². The van der Waals surface area contributed by atoms with Crippen LogP contribution in [0.25, 0.3) is 0 Å². The molecule has 0 saturated carbocycles. The smallest absolute Gasteiger partial charge is 0.00721 e. The SMILES string of the molecule is CCNC(C)CCSc1ccc(C(C)(C)C)cc1. The third kappa shape index (κ3) is 5.45. The van der Waals surface area contributed by atoms with Gasteiger partial charge in [-0.05, 0) is 48.8 Å². The normalized spacial score (nSPS) is 13.6. The van der Waals surface area contributed by atoms with Crippen LogP contribution in [0, 0.1) is 0 Å². The van der Waals surface area contributed by atoms with Crippen LogP contribution in [0.5, 0.6) is 0 Å². The molecule has 0 heterocycles. The van der Waals surface area contributed by atoms with E-state index in [1.807, 2.05) is 11.8 Å². The minimum Gasteiger partial charge on any atom is -0.315 e. The lowest BCUT2D eigenvalue weighted by molar-refractivity contribution is 0.556. The maximum Gasteiger partial charge on any atom is 0.00721 e. The highest BCUT2D eigenvalue weighted by molar-refractivity contribution is 7.99. The molecule has 0 bridgehead atoms. The lowest BCUT2D eigenvalue weighted by Crippen LogP contribution is -2.25. The molecule has 1 aromatic carbocycles. The zero-order chi connectivity index (χ0) is 13.6. The van der Waals surface area contributed by atoms with Crippen molar-refractivity contribution in [2.75, 3.05) is 12.3 Å². The number of hydrogen-bond acceptors (Lipinski definition) is 2. The molecule has 102 valence electrons. The molecule has 1 rings (SSSR count). The first kappa shape index (κ1) is 15.6. The van der Waals surface area contributed by atoms with Crippen molar-refractivity contribution in [1.29, 1.82) is 0 Å². The van der Waals surface area contributed by atoms with Gasteiger partial charge in [-0.1, -0.05) is 39.8 Å². The largest absolute Gasteiger partial charge is 0.315 e. The van der Waals surface area contributed by atoms with E-state index in [0.29, 0.717) is 6.04 Å². The van der Waals surface area contributed by atoms with Gasteiger partial charge in [-0.15, -0.1) is 11.8 Å². The van der Waals surface area contributed by atoms with Crippen molar-refractivity contribution in [2.45, 2.75) is 57.4 Å². The highest BCUT2D eigenvalue weighted by atomic mass is 32.2. The Bertz CT molecular complexity index is 337. The highest BCUT2D eigenvalue weighted by Gasteiger charge is 2.12. The second kappa shape index (κ2) is 7.20. The van der Waals surface area contributed by atoms with E-state index in [4.69, 9.17) is 0 Å². The first-order valence-corrected chi connectivity index (χ1v) is 7.88. The number of rotatable bonds is 6. The van der Waals surface area contributed by atoms with Crippen LogP contribution < -0.4 is 5.32 Å². The summed E-state index contributed by atoms with van der Waals surface area (Å²) in [5.74, 6) is 1.18. The van der Waals surface area contributed by atoms with Crippen molar-refractivity contribution in [2.24, 2.45) is 0 Å². The summed E-state index contributed by atoms with van der Waals surface area (Å²) in [5, 5.41) is 3.45. The molecule has 0 aromatic heterocycles. The van der Waals surface area contributed by atoms with Crippen LogP contribution in [0.1, 0.15) is 46.6 Å². The Kier molecular flexibility index (Phi) is 6.24. The van der Waals surface area contributed by atoms with Crippen LogP contribution in [0.3, 0.4) is 0 Å². The molecule has 2 heteroatoms. The van der Waals surface area contributed by atoms with E-state index < -0.39 is 0 Å². The summed E-state index contributed by atoms with van der Waals surface area (Å²) in [6.07, 6.45) is 1.22. The van der Waals surface area contributed by atoms with Crippen LogP contribution in [0.4, 0.5) is 0 Å². The molecule has 0 aliphatic carbocycles. The zero-order valence-electron chi connectivity index (χ0n) is 12.4. The molecule has 0 radical (unpaired) electrons. The maximum atomic E-state index is 3.45. The molecular weight excluding hydrogens is 238 g/mol. The summed E-state index contributed by atoms with van der Waals surface area (Å²) in [6, 6.07) is 9.65. The quantitative estimate of drug-likeness (QED) is 0.762. The summed E-state index contributed by atoms with van der Waals surface area (Å²) in [7, 11) is 0. The third-order valence-electron chi connectivity index (χ3n) is 3.09. The molecule has 1 N–H and O–H groups in total. The van der Waals surface area contributed by atoms with E-state index in [0.717, 1.165) is 6.54 Å². The van der Waals surface area contributed by atoms with Gasteiger partial charge in [0.1, 0.15) is 0 Å². The summed E-state index contributed by atoms with van der Waals surface area (Å²) >= 11 is 1.95. The van der Waals surface area contributed by atoms with Gasteiger partial charge in [0.2, 0.25) is 0 Å². The van der Waals surface area contributed by atoms with Crippen LogP contribution >= 0.6 is 11.8 Å². The molecular formula is C16H27NS. The minimum atomic E-state index is 0.253. The fraction of sp³-hybridized carbons (Fsp3) is 0.625. The van der Waals surface area contributed by atoms with Gasteiger partial charge in [0.25, 0.3) is 0 Å². The average Bonchev–Trinajstić information content (AvgIpc) is 2.29. The Hall–Kier alpha value is -0.470. The van der Waals surface area contributed by atoms with Gasteiger partial charge >= 0.3 is 0 Å². The summed E-state index contributed by atoms with van der Waals surface area (Å²) in [4.78, 5) is 1.38. The van der Waals surface area contributed by atoms with Gasteiger partial charge in [0.05, 0.1) is 0 Å². The first-order chi connectivity index (χ1) is 8.43. The Morgan fingerprint density at radius 3 is 2.28 bits per heavy atom. The van der Waals surface area contributed by atoms with E-state index in [2.05, 4.69) is 64.2 Å². The predicted octanol–water partition coefficient (Wildman–Crippen LogP) is 4.46. The van der Waals surface area contributed by atoms with Gasteiger partial charge in [0.15, 0.2) is 0 Å². The fourth-order valence-corrected chi connectivity index (χ4v) is 2.89. The molecule has 0 aliphatic heterocycles. The third-order valence-corrected chi connectivity index (χ3v) is 4.14. The second-order valence-electron chi connectivity index (χ2n) is 5.87. The van der Waals surface area contributed by atoms with Crippen molar-refractivity contribution in [1.82, 2.24) is 5.32 Å². The van der Waals surface area contributed by atoms with E-state index in [1.54, 1.807) is 0 Å².